The molecule has 4 heteroatoms. The Bertz CT molecular complexity index is 2850. The minimum Gasteiger partial charge on any atom is -0.148 e. The lowest BCUT2D eigenvalue weighted by Crippen LogP contribution is -1.97. The Hall–Kier alpha value is -5.94. The Morgan fingerprint density at radius 3 is 1.22 bits per heavy atom. The van der Waals surface area contributed by atoms with Crippen molar-refractivity contribution >= 4 is 87.3 Å². The third kappa shape index (κ3) is 3.95. The zero-order chi connectivity index (χ0) is 32.8. The first-order valence-electron chi connectivity index (χ1n) is 16.8. The fraction of sp³-hybridized carbons (Fsp3) is 0. The van der Waals surface area contributed by atoms with Crippen LogP contribution in [0.4, 0.5) is 0 Å². The zero-order valence-corrected chi connectivity index (χ0v) is 28.4. The van der Waals surface area contributed by atoms with Crippen molar-refractivity contribution in [3.63, 3.8) is 0 Å². The molecule has 0 aliphatic rings. The van der Waals surface area contributed by atoms with E-state index in [1.54, 1.807) is 22.7 Å². The fourth-order valence-corrected chi connectivity index (χ4v) is 9.69. The second-order valence-corrected chi connectivity index (χ2v) is 14.8. The standard InChI is InChI=1S/C46H26N2S2/c1-3-11-27(12-4-1)41-33-25-35-36(46(38-20-10-24-50-38)48-47-45(35)37-19-9-23-49-37)26-34(33)42(28-13-5-2-6-14-28)44-32-18-8-16-30-22-21-29-15-7-17-31(43(41)44)39(29)40(30)32/h1-26H. The van der Waals surface area contributed by atoms with Gasteiger partial charge in [-0.25, -0.2) is 0 Å². The summed E-state index contributed by atoms with van der Waals surface area (Å²) in [6, 6.07) is 53.5. The molecule has 3 aromatic heterocycles. The van der Waals surface area contributed by atoms with Gasteiger partial charge in [0.1, 0.15) is 11.4 Å². The van der Waals surface area contributed by atoms with Gasteiger partial charge in [-0.15, -0.1) is 32.9 Å². The van der Waals surface area contributed by atoms with Crippen molar-refractivity contribution in [3.05, 3.63) is 156 Å². The van der Waals surface area contributed by atoms with Crippen molar-refractivity contribution in [1.29, 1.82) is 0 Å². The van der Waals surface area contributed by atoms with E-state index in [0.29, 0.717) is 0 Å². The van der Waals surface area contributed by atoms with E-state index in [-0.39, 0.29) is 0 Å². The Morgan fingerprint density at radius 1 is 0.340 bits per heavy atom. The van der Waals surface area contributed by atoms with E-state index in [0.717, 1.165) is 31.9 Å². The van der Waals surface area contributed by atoms with Crippen LogP contribution in [0.25, 0.3) is 108 Å². The molecule has 0 amide bonds. The predicted octanol–water partition coefficient (Wildman–Crippen LogP) is 13.6. The maximum absolute atomic E-state index is 4.94. The van der Waals surface area contributed by atoms with Crippen molar-refractivity contribution in [1.82, 2.24) is 10.2 Å². The molecule has 0 atom stereocenters. The number of aromatic nitrogens is 2. The van der Waals surface area contributed by atoms with Crippen LogP contribution in [0.15, 0.2) is 156 Å². The van der Waals surface area contributed by atoms with E-state index in [4.69, 9.17) is 10.2 Å². The lowest BCUT2D eigenvalue weighted by atomic mass is 9.79. The zero-order valence-electron chi connectivity index (χ0n) is 26.7. The molecule has 11 rings (SSSR count). The quantitative estimate of drug-likeness (QED) is 0.138. The highest BCUT2D eigenvalue weighted by Gasteiger charge is 2.25. The average molecular weight is 671 g/mol. The number of benzene rings is 8. The van der Waals surface area contributed by atoms with Gasteiger partial charge >= 0.3 is 0 Å². The van der Waals surface area contributed by atoms with Crippen LogP contribution < -0.4 is 0 Å². The molecule has 0 fully saturated rings. The molecule has 3 heterocycles. The molecule has 0 unspecified atom stereocenters. The van der Waals surface area contributed by atoms with E-state index < -0.39 is 0 Å². The molecule has 0 spiro atoms. The molecular weight excluding hydrogens is 645 g/mol. The summed E-state index contributed by atoms with van der Waals surface area (Å²) in [7, 11) is 0. The first kappa shape index (κ1) is 28.0. The van der Waals surface area contributed by atoms with Gasteiger partial charge in [-0.2, -0.15) is 0 Å². The Balaban J connectivity index is 1.48. The largest absolute Gasteiger partial charge is 0.148 e. The number of thiophene rings is 2. The van der Waals surface area contributed by atoms with E-state index in [1.807, 2.05) is 0 Å². The number of rotatable bonds is 4. The molecule has 0 radical (unpaired) electrons. The summed E-state index contributed by atoms with van der Waals surface area (Å²) >= 11 is 3.42. The van der Waals surface area contributed by atoms with Crippen molar-refractivity contribution in [2.24, 2.45) is 0 Å². The Labute approximate surface area is 295 Å². The van der Waals surface area contributed by atoms with Gasteiger partial charge in [0.2, 0.25) is 0 Å². The van der Waals surface area contributed by atoms with E-state index >= 15 is 0 Å². The van der Waals surface area contributed by atoms with Crippen molar-refractivity contribution in [2.45, 2.75) is 0 Å². The molecule has 0 bridgehead atoms. The summed E-state index contributed by atoms with van der Waals surface area (Å²) in [6.07, 6.45) is 0. The van der Waals surface area contributed by atoms with Crippen molar-refractivity contribution < 1.29 is 0 Å². The van der Waals surface area contributed by atoms with Gasteiger partial charge in [-0.1, -0.05) is 121 Å². The van der Waals surface area contributed by atoms with Gasteiger partial charge in [-0.05, 0) is 111 Å². The normalized spacial score (nSPS) is 12.0. The molecule has 0 N–H and O–H groups in total. The molecule has 50 heavy (non-hydrogen) atoms. The summed E-state index contributed by atoms with van der Waals surface area (Å²) < 4.78 is 0. The molecule has 0 saturated heterocycles. The molecule has 8 aromatic carbocycles. The third-order valence-electron chi connectivity index (χ3n) is 10.3. The summed E-state index contributed by atoms with van der Waals surface area (Å²) in [4.78, 5) is 2.24. The van der Waals surface area contributed by atoms with Gasteiger partial charge in [0.05, 0.1) is 9.75 Å². The minimum absolute atomic E-state index is 0.924. The van der Waals surface area contributed by atoms with Gasteiger partial charge in [0.25, 0.3) is 0 Å². The second-order valence-electron chi connectivity index (χ2n) is 12.9. The second kappa shape index (κ2) is 10.8. The minimum atomic E-state index is 0.924. The summed E-state index contributed by atoms with van der Waals surface area (Å²) in [6.45, 7) is 0. The summed E-state index contributed by atoms with van der Waals surface area (Å²) in [5, 5.41) is 29.1. The van der Waals surface area contributed by atoms with Crippen molar-refractivity contribution in [3.8, 4) is 43.4 Å². The van der Waals surface area contributed by atoms with E-state index in [9.17, 15) is 0 Å². The monoisotopic (exact) mass is 670 g/mol. The van der Waals surface area contributed by atoms with E-state index in [2.05, 4.69) is 156 Å². The number of nitrogens with zero attached hydrogens (tertiary/aromatic N) is 2. The van der Waals surface area contributed by atoms with Crippen LogP contribution in [0, 0.1) is 0 Å². The van der Waals surface area contributed by atoms with Gasteiger partial charge < -0.3 is 0 Å². The molecule has 0 aliphatic carbocycles. The molecule has 232 valence electrons. The highest BCUT2D eigenvalue weighted by Crippen LogP contribution is 2.52. The molecule has 0 aliphatic heterocycles. The van der Waals surface area contributed by atoms with Crippen LogP contribution in [-0.2, 0) is 0 Å². The van der Waals surface area contributed by atoms with Crippen LogP contribution >= 0.6 is 22.7 Å². The maximum atomic E-state index is 4.94. The van der Waals surface area contributed by atoms with Crippen LogP contribution in [0.5, 0.6) is 0 Å². The van der Waals surface area contributed by atoms with E-state index in [1.165, 1.54) is 76.1 Å². The lowest BCUT2D eigenvalue weighted by molar-refractivity contribution is 1.07. The third-order valence-corrected chi connectivity index (χ3v) is 12.0. The van der Waals surface area contributed by atoms with Crippen LogP contribution in [0.2, 0.25) is 0 Å². The Kier molecular flexibility index (Phi) is 6.03. The maximum Gasteiger partial charge on any atom is 0.111 e. The summed E-state index contributed by atoms with van der Waals surface area (Å²) in [5.74, 6) is 0. The molecule has 11 aromatic rings. The molecular formula is C46H26N2S2. The molecule has 2 nitrogen and oxygen atoms in total. The topological polar surface area (TPSA) is 25.8 Å². The first-order valence-corrected chi connectivity index (χ1v) is 18.6. The van der Waals surface area contributed by atoms with Gasteiger partial charge in [-0.3, -0.25) is 0 Å². The van der Waals surface area contributed by atoms with Gasteiger partial charge in [0, 0.05) is 10.8 Å². The van der Waals surface area contributed by atoms with Crippen LogP contribution in [0.1, 0.15) is 0 Å². The SMILES string of the molecule is c1ccc(-c2c3cc4c(-c5cccs5)nnc(-c5cccs5)c4cc3c(-c3ccccc3)c3c4cccc5ccc6cccc(c23)c6c54)cc1. The predicted molar refractivity (Wildman–Crippen MR) is 216 cm³/mol. The first-order chi connectivity index (χ1) is 24.8. The Morgan fingerprint density at radius 2 is 0.800 bits per heavy atom. The van der Waals surface area contributed by atoms with Crippen LogP contribution in [0.3, 0.4) is 0 Å². The highest BCUT2D eigenvalue weighted by molar-refractivity contribution is 7.14. The highest BCUT2D eigenvalue weighted by atomic mass is 32.1. The van der Waals surface area contributed by atoms with Crippen LogP contribution in [-0.4, -0.2) is 10.2 Å². The number of hydrogen-bond donors (Lipinski definition) is 0. The smallest absolute Gasteiger partial charge is 0.111 e. The lowest BCUT2D eigenvalue weighted by Gasteiger charge is -2.23. The fourth-order valence-electron chi connectivity index (χ4n) is 8.24. The average Bonchev–Trinajstić information content (AvgIpc) is 3.92. The molecule has 0 saturated carbocycles. The summed E-state index contributed by atoms with van der Waals surface area (Å²) in [5.41, 5.74) is 6.76. The van der Waals surface area contributed by atoms with Gasteiger partial charge in [0.15, 0.2) is 0 Å². The van der Waals surface area contributed by atoms with Crippen molar-refractivity contribution in [2.75, 3.05) is 0 Å². The number of hydrogen-bond acceptors (Lipinski definition) is 4. The number of fused-ring (bicyclic) bond motifs is 5.